The SMILES string of the molecule is CCNC(CNP)C(=O)NCC(=O)NC(CCCNC(N)=O)C(C)=O. The molecular weight excluding hydrogens is 347 g/mol. The van der Waals surface area contributed by atoms with Gasteiger partial charge < -0.3 is 27.0 Å². The fourth-order valence-corrected chi connectivity index (χ4v) is 2.29. The normalized spacial score (nSPS) is 12.8. The van der Waals surface area contributed by atoms with Crippen LogP contribution in [0.25, 0.3) is 0 Å². The summed E-state index contributed by atoms with van der Waals surface area (Å²) in [6.45, 7) is 4.35. The van der Waals surface area contributed by atoms with E-state index in [1.807, 2.05) is 6.92 Å². The van der Waals surface area contributed by atoms with Gasteiger partial charge in [-0.3, -0.25) is 19.5 Å². The number of carbonyl (C=O) groups is 4. The van der Waals surface area contributed by atoms with Gasteiger partial charge in [0.2, 0.25) is 11.8 Å². The molecule has 0 aromatic carbocycles. The van der Waals surface area contributed by atoms with E-state index in [0.29, 0.717) is 32.5 Å². The number of hydrogen-bond donors (Lipinski definition) is 6. The summed E-state index contributed by atoms with van der Waals surface area (Å²) in [5.74, 6) is -0.959. The average Bonchev–Trinajstić information content (AvgIpc) is 2.54. The van der Waals surface area contributed by atoms with Crippen LogP contribution in [0.3, 0.4) is 0 Å². The molecule has 25 heavy (non-hydrogen) atoms. The first kappa shape index (κ1) is 23.2. The predicted octanol–water partition coefficient (Wildman–Crippen LogP) is -2.02. The Bertz CT molecular complexity index is 457. The maximum Gasteiger partial charge on any atom is 0.312 e. The molecule has 0 fully saturated rings. The van der Waals surface area contributed by atoms with Crippen molar-refractivity contribution in [1.82, 2.24) is 26.4 Å². The number of nitrogens with two attached hydrogens (primary N) is 1. The van der Waals surface area contributed by atoms with E-state index in [-0.39, 0.29) is 18.2 Å². The van der Waals surface area contributed by atoms with Crippen LogP contribution in [0.4, 0.5) is 4.79 Å². The maximum atomic E-state index is 12.0. The second kappa shape index (κ2) is 13.5. The van der Waals surface area contributed by atoms with Gasteiger partial charge in [0, 0.05) is 13.1 Å². The van der Waals surface area contributed by atoms with E-state index in [9.17, 15) is 19.2 Å². The largest absolute Gasteiger partial charge is 0.352 e. The molecule has 0 saturated carbocycles. The van der Waals surface area contributed by atoms with Crippen molar-refractivity contribution in [2.45, 2.75) is 38.8 Å². The second-order valence-corrected chi connectivity index (χ2v) is 5.81. The van der Waals surface area contributed by atoms with Gasteiger partial charge in [-0.2, -0.15) is 0 Å². The Morgan fingerprint density at radius 3 is 2.32 bits per heavy atom. The fraction of sp³-hybridized carbons (Fsp3) is 0.714. The zero-order chi connectivity index (χ0) is 19.2. The highest BCUT2D eigenvalue weighted by Gasteiger charge is 2.19. The van der Waals surface area contributed by atoms with Crippen LogP contribution in [0.1, 0.15) is 26.7 Å². The van der Waals surface area contributed by atoms with Crippen LogP contribution in [-0.4, -0.2) is 61.9 Å². The lowest BCUT2D eigenvalue weighted by molar-refractivity contribution is -0.129. The fourth-order valence-electron chi connectivity index (χ4n) is 2.05. The molecule has 0 aromatic rings. The van der Waals surface area contributed by atoms with E-state index < -0.39 is 24.0 Å². The maximum absolute atomic E-state index is 12.0. The number of nitrogens with one attached hydrogen (secondary N) is 5. The molecule has 0 bridgehead atoms. The molecule has 11 heteroatoms. The monoisotopic (exact) mass is 376 g/mol. The highest BCUT2D eigenvalue weighted by Crippen LogP contribution is 1.98. The summed E-state index contributed by atoms with van der Waals surface area (Å²) in [5, 5.41) is 13.3. The van der Waals surface area contributed by atoms with Crippen LogP contribution >= 0.6 is 9.39 Å². The number of primary amides is 1. The quantitative estimate of drug-likeness (QED) is 0.161. The predicted molar refractivity (Wildman–Crippen MR) is 97.6 cm³/mol. The van der Waals surface area contributed by atoms with E-state index in [2.05, 4.69) is 35.7 Å². The van der Waals surface area contributed by atoms with Crippen molar-refractivity contribution in [2.24, 2.45) is 5.73 Å². The molecule has 4 amide bonds. The van der Waals surface area contributed by atoms with Crippen LogP contribution < -0.4 is 32.1 Å². The van der Waals surface area contributed by atoms with Crippen LogP contribution in [-0.2, 0) is 14.4 Å². The molecule has 7 N–H and O–H groups in total. The van der Waals surface area contributed by atoms with Gasteiger partial charge in [-0.1, -0.05) is 16.3 Å². The van der Waals surface area contributed by atoms with Crippen molar-refractivity contribution in [3.8, 4) is 0 Å². The van der Waals surface area contributed by atoms with Gasteiger partial charge >= 0.3 is 6.03 Å². The standard InChI is InChI=1S/C14H29N6O4P/c1-3-16-11(7-19-25)13(23)18-8-12(22)20-10(9(2)21)5-4-6-17-14(15)24/h10-11,16,19H,3-8,25H2,1-2H3,(H,18,23)(H,20,22)(H3,15,17,24). The molecule has 0 aliphatic heterocycles. The van der Waals surface area contributed by atoms with E-state index in [1.165, 1.54) is 6.92 Å². The molecule has 0 aliphatic carbocycles. The van der Waals surface area contributed by atoms with Crippen LogP contribution in [0, 0.1) is 0 Å². The van der Waals surface area contributed by atoms with Crippen LogP contribution in [0.15, 0.2) is 0 Å². The third kappa shape index (κ3) is 11.4. The van der Waals surface area contributed by atoms with Crippen molar-refractivity contribution >= 4 is 33.0 Å². The third-order valence-corrected chi connectivity index (χ3v) is 3.54. The Kier molecular flexibility index (Phi) is 12.6. The topological polar surface area (TPSA) is 154 Å². The van der Waals surface area contributed by atoms with Crippen LogP contribution in [0.5, 0.6) is 0 Å². The van der Waals surface area contributed by atoms with Crippen molar-refractivity contribution < 1.29 is 19.2 Å². The number of Topliss-reactive ketones (excluding diaryl/α,β-unsaturated/α-hetero) is 1. The summed E-state index contributed by atoms with van der Waals surface area (Å²) in [5.41, 5.74) is 4.95. The van der Waals surface area contributed by atoms with E-state index in [1.54, 1.807) is 0 Å². The molecule has 0 heterocycles. The number of ketones is 1. The van der Waals surface area contributed by atoms with Gasteiger partial charge in [0.05, 0.1) is 18.6 Å². The number of amides is 4. The summed E-state index contributed by atoms with van der Waals surface area (Å²) < 4.78 is 0. The Morgan fingerprint density at radius 2 is 1.80 bits per heavy atom. The van der Waals surface area contributed by atoms with Crippen molar-refractivity contribution in [3.05, 3.63) is 0 Å². The first-order chi connectivity index (χ1) is 11.8. The minimum absolute atomic E-state index is 0.198. The molecule has 0 rings (SSSR count). The molecule has 0 spiro atoms. The molecule has 144 valence electrons. The van der Waals surface area contributed by atoms with Crippen molar-refractivity contribution in [1.29, 1.82) is 0 Å². The van der Waals surface area contributed by atoms with E-state index in [4.69, 9.17) is 5.73 Å². The molecule has 0 aliphatic rings. The summed E-state index contributed by atoms with van der Waals surface area (Å²) >= 11 is 0. The second-order valence-electron chi connectivity index (χ2n) is 5.40. The molecular formula is C14H29N6O4P. The summed E-state index contributed by atoms with van der Waals surface area (Å²) in [7, 11) is 2.31. The Labute approximate surface area is 150 Å². The smallest absolute Gasteiger partial charge is 0.312 e. The Balaban J connectivity index is 4.30. The summed E-state index contributed by atoms with van der Waals surface area (Å²) in [6.07, 6.45) is 0.856. The van der Waals surface area contributed by atoms with Gasteiger partial charge in [-0.25, -0.2) is 4.79 Å². The minimum atomic E-state index is -0.669. The summed E-state index contributed by atoms with van der Waals surface area (Å²) in [4.78, 5) is 46.1. The van der Waals surface area contributed by atoms with E-state index >= 15 is 0 Å². The number of carbonyl (C=O) groups excluding carboxylic acids is 4. The number of rotatable bonds is 13. The molecule has 0 aromatic heterocycles. The molecule has 3 atom stereocenters. The molecule has 0 radical (unpaired) electrons. The first-order valence-corrected chi connectivity index (χ1v) is 8.67. The van der Waals surface area contributed by atoms with Gasteiger partial charge in [0.15, 0.2) is 5.78 Å². The van der Waals surface area contributed by atoms with Gasteiger partial charge in [-0.15, -0.1) is 0 Å². The first-order valence-electron chi connectivity index (χ1n) is 8.09. The van der Waals surface area contributed by atoms with Gasteiger partial charge in [0.25, 0.3) is 0 Å². The lowest BCUT2D eigenvalue weighted by Gasteiger charge is -2.18. The Hall–Kier alpha value is -1.77. The Morgan fingerprint density at radius 1 is 1.12 bits per heavy atom. The minimum Gasteiger partial charge on any atom is -0.352 e. The van der Waals surface area contributed by atoms with Gasteiger partial charge in [-0.05, 0) is 26.3 Å². The van der Waals surface area contributed by atoms with E-state index in [0.717, 1.165) is 0 Å². The molecule has 0 saturated heterocycles. The lowest BCUT2D eigenvalue weighted by Crippen LogP contribution is -2.51. The van der Waals surface area contributed by atoms with Gasteiger partial charge in [0.1, 0.15) is 0 Å². The highest BCUT2D eigenvalue weighted by molar-refractivity contribution is 7.13. The molecule has 10 nitrogen and oxygen atoms in total. The highest BCUT2D eigenvalue weighted by atomic mass is 31.0. The molecule has 3 unspecified atom stereocenters. The third-order valence-electron chi connectivity index (χ3n) is 3.31. The number of hydrogen-bond acceptors (Lipinski definition) is 6. The number of likely N-dealkylation sites (N-methyl/N-ethyl adjacent to an activating group) is 1. The van der Waals surface area contributed by atoms with Crippen molar-refractivity contribution in [3.63, 3.8) is 0 Å². The lowest BCUT2D eigenvalue weighted by atomic mass is 10.1. The van der Waals surface area contributed by atoms with Crippen molar-refractivity contribution in [2.75, 3.05) is 26.2 Å². The summed E-state index contributed by atoms with van der Waals surface area (Å²) in [6, 6.07) is -1.77. The zero-order valence-electron chi connectivity index (χ0n) is 14.7. The zero-order valence-corrected chi connectivity index (χ0v) is 15.8. The average molecular weight is 376 g/mol. The van der Waals surface area contributed by atoms with Crippen LogP contribution in [0.2, 0.25) is 0 Å². The number of urea groups is 1.